The predicted molar refractivity (Wildman–Crippen MR) is 143 cm³/mol. The van der Waals surface area contributed by atoms with Gasteiger partial charge in [-0.1, -0.05) is 64.5 Å². The first-order chi connectivity index (χ1) is 15.8. The SMILES string of the molecule is CCCCCCS(=O)(=O)c1c(-c2cccs2)sc(-c2cccs2)c1S(=O)(=O)CCCCCC. The number of hydrogen-bond acceptors (Lipinski definition) is 7. The van der Waals surface area contributed by atoms with Crippen LogP contribution in [0.5, 0.6) is 0 Å². The van der Waals surface area contributed by atoms with E-state index in [1.54, 1.807) is 0 Å². The Labute approximate surface area is 210 Å². The fourth-order valence-corrected chi connectivity index (χ4v) is 11.7. The minimum atomic E-state index is -3.77. The second-order valence-electron chi connectivity index (χ2n) is 8.13. The third-order valence-corrected chi connectivity index (χ3v) is 12.9. The lowest BCUT2D eigenvalue weighted by Crippen LogP contribution is -2.15. The highest BCUT2D eigenvalue weighted by atomic mass is 32.2. The van der Waals surface area contributed by atoms with E-state index in [0.717, 1.165) is 48.3 Å². The average molecular weight is 545 g/mol. The molecule has 0 bridgehead atoms. The van der Waals surface area contributed by atoms with Crippen LogP contribution in [0.25, 0.3) is 19.5 Å². The van der Waals surface area contributed by atoms with Crippen LogP contribution in [0.1, 0.15) is 65.2 Å². The lowest BCUT2D eigenvalue weighted by atomic mass is 10.2. The number of sulfone groups is 2. The number of thiophene rings is 3. The van der Waals surface area contributed by atoms with Crippen molar-refractivity contribution in [2.45, 2.75) is 75.0 Å². The fourth-order valence-electron chi connectivity index (χ4n) is 3.75. The zero-order chi connectivity index (χ0) is 23.9. The quantitative estimate of drug-likeness (QED) is 0.193. The van der Waals surface area contributed by atoms with E-state index in [1.165, 1.54) is 34.0 Å². The van der Waals surface area contributed by atoms with Crippen LogP contribution >= 0.6 is 34.0 Å². The highest BCUT2D eigenvalue weighted by Crippen LogP contribution is 2.49. The van der Waals surface area contributed by atoms with E-state index in [2.05, 4.69) is 13.8 Å². The monoisotopic (exact) mass is 544 g/mol. The molecule has 0 aliphatic carbocycles. The smallest absolute Gasteiger partial charge is 0.181 e. The molecule has 3 rings (SSSR count). The Kier molecular flexibility index (Phi) is 9.76. The van der Waals surface area contributed by atoms with Crippen molar-refractivity contribution in [3.05, 3.63) is 35.0 Å². The molecule has 0 N–H and O–H groups in total. The van der Waals surface area contributed by atoms with Gasteiger partial charge >= 0.3 is 0 Å². The Morgan fingerprint density at radius 3 is 1.39 bits per heavy atom. The van der Waals surface area contributed by atoms with Crippen molar-refractivity contribution >= 4 is 53.7 Å². The van der Waals surface area contributed by atoms with E-state index in [-0.39, 0.29) is 21.3 Å². The molecule has 182 valence electrons. The van der Waals surface area contributed by atoms with Gasteiger partial charge in [-0.2, -0.15) is 0 Å². The molecule has 0 unspecified atom stereocenters. The summed E-state index contributed by atoms with van der Waals surface area (Å²) in [6.07, 6.45) is 6.70. The third-order valence-electron chi connectivity index (χ3n) is 5.47. The van der Waals surface area contributed by atoms with Crippen molar-refractivity contribution in [2.24, 2.45) is 0 Å². The lowest BCUT2D eigenvalue weighted by Gasteiger charge is -2.11. The molecular formula is C24H32O4S5. The average Bonchev–Trinajstić information content (AvgIpc) is 3.53. The van der Waals surface area contributed by atoms with Crippen molar-refractivity contribution in [3.8, 4) is 19.5 Å². The van der Waals surface area contributed by atoms with Crippen LogP contribution in [0.15, 0.2) is 44.8 Å². The molecule has 0 aliphatic heterocycles. The molecule has 3 aromatic heterocycles. The van der Waals surface area contributed by atoms with E-state index in [4.69, 9.17) is 0 Å². The molecule has 0 radical (unpaired) electrons. The maximum absolute atomic E-state index is 13.7. The van der Waals surface area contributed by atoms with Crippen molar-refractivity contribution in [2.75, 3.05) is 11.5 Å². The van der Waals surface area contributed by atoms with Gasteiger partial charge in [0.25, 0.3) is 0 Å². The summed E-state index contributed by atoms with van der Waals surface area (Å²) in [6.45, 7) is 4.16. The molecule has 0 aliphatic rings. The Bertz CT molecular complexity index is 1110. The van der Waals surface area contributed by atoms with Gasteiger partial charge in [-0.15, -0.1) is 34.0 Å². The van der Waals surface area contributed by atoms with E-state index < -0.39 is 19.7 Å². The standard InChI is InChI=1S/C24H32O4S5/c1-3-5-7-9-17-32(25,26)23-21(19-13-11-15-29-19)31-22(20-14-12-16-30-20)24(23)33(27,28)18-10-8-6-4-2/h11-16H,3-10,17-18H2,1-2H3. The van der Waals surface area contributed by atoms with Gasteiger partial charge in [0.15, 0.2) is 19.7 Å². The Morgan fingerprint density at radius 2 is 1.06 bits per heavy atom. The van der Waals surface area contributed by atoms with Gasteiger partial charge in [-0.05, 0) is 35.7 Å². The summed E-state index contributed by atoms with van der Waals surface area (Å²) in [7, 11) is -7.55. The molecule has 4 nitrogen and oxygen atoms in total. The number of rotatable bonds is 14. The van der Waals surface area contributed by atoms with E-state index in [1.807, 2.05) is 35.0 Å². The Balaban J connectivity index is 2.18. The first-order valence-electron chi connectivity index (χ1n) is 11.5. The summed E-state index contributed by atoms with van der Waals surface area (Å²) in [5.41, 5.74) is 0. The van der Waals surface area contributed by atoms with Gasteiger partial charge < -0.3 is 0 Å². The van der Waals surface area contributed by atoms with Crippen LogP contribution in [0, 0.1) is 0 Å². The van der Waals surface area contributed by atoms with Crippen LogP contribution in [0.4, 0.5) is 0 Å². The van der Waals surface area contributed by atoms with Gasteiger partial charge in [0.1, 0.15) is 9.79 Å². The van der Waals surface area contributed by atoms with Gasteiger partial charge in [0, 0.05) is 9.75 Å². The summed E-state index contributed by atoms with van der Waals surface area (Å²) in [4.78, 5) is 2.80. The van der Waals surface area contributed by atoms with Crippen molar-refractivity contribution in [3.63, 3.8) is 0 Å². The first-order valence-corrected chi connectivity index (χ1v) is 17.4. The molecule has 3 heterocycles. The van der Waals surface area contributed by atoms with Crippen LogP contribution < -0.4 is 0 Å². The predicted octanol–water partition coefficient (Wildman–Crippen LogP) is 7.91. The largest absolute Gasteiger partial charge is 0.224 e. The van der Waals surface area contributed by atoms with Gasteiger partial charge in [-0.3, -0.25) is 0 Å². The van der Waals surface area contributed by atoms with Crippen LogP contribution in [-0.2, 0) is 19.7 Å². The summed E-state index contributed by atoms with van der Waals surface area (Å²) >= 11 is 4.20. The first kappa shape index (κ1) is 26.6. The number of unbranched alkanes of at least 4 members (excludes halogenated alkanes) is 6. The Morgan fingerprint density at radius 1 is 0.636 bits per heavy atom. The maximum atomic E-state index is 13.7. The molecule has 0 spiro atoms. The van der Waals surface area contributed by atoms with Crippen LogP contribution in [-0.4, -0.2) is 28.3 Å². The lowest BCUT2D eigenvalue weighted by molar-refractivity contribution is 0.577. The van der Waals surface area contributed by atoms with Crippen LogP contribution in [0.2, 0.25) is 0 Å². The van der Waals surface area contributed by atoms with Crippen LogP contribution in [0.3, 0.4) is 0 Å². The molecule has 0 saturated heterocycles. The van der Waals surface area contributed by atoms with Crippen molar-refractivity contribution in [1.29, 1.82) is 0 Å². The van der Waals surface area contributed by atoms with Gasteiger partial charge in [0.05, 0.1) is 21.3 Å². The summed E-state index contributed by atoms with van der Waals surface area (Å²) in [5.74, 6) is -0.0469. The van der Waals surface area contributed by atoms with Crippen molar-refractivity contribution in [1.82, 2.24) is 0 Å². The van der Waals surface area contributed by atoms with Gasteiger partial charge in [0.2, 0.25) is 0 Å². The molecule has 0 atom stereocenters. The molecule has 0 saturated carbocycles. The zero-order valence-electron chi connectivity index (χ0n) is 19.2. The van der Waals surface area contributed by atoms with Crippen molar-refractivity contribution < 1.29 is 16.8 Å². The maximum Gasteiger partial charge on any atom is 0.181 e. The molecule has 0 aromatic carbocycles. The summed E-state index contributed by atoms with van der Waals surface area (Å²) < 4.78 is 54.8. The molecule has 0 amide bonds. The topological polar surface area (TPSA) is 68.3 Å². The minimum absolute atomic E-state index is 0.0235. The van der Waals surface area contributed by atoms with E-state index in [0.29, 0.717) is 22.6 Å². The van der Waals surface area contributed by atoms with E-state index >= 15 is 0 Å². The molecular weight excluding hydrogens is 513 g/mol. The zero-order valence-corrected chi connectivity index (χ0v) is 23.3. The minimum Gasteiger partial charge on any atom is -0.224 e. The molecule has 9 heteroatoms. The summed E-state index contributed by atoms with van der Waals surface area (Å²) in [6, 6.07) is 7.51. The molecule has 0 fully saturated rings. The third kappa shape index (κ3) is 6.57. The van der Waals surface area contributed by atoms with E-state index in [9.17, 15) is 16.8 Å². The molecule has 33 heavy (non-hydrogen) atoms. The summed E-state index contributed by atoms with van der Waals surface area (Å²) in [5, 5.41) is 3.80. The highest BCUT2D eigenvalue weighted by molar-refractivity contribution is 7.95. The molecule has 3 aromatic rings. The Hall–Kier alpha value is -1.00. The number of hydrogen-bond donors (Lipinski definition) is 0. The fraction of sp³-hybridized carbons (Fsp3) is 0.500. The highest BCUT2D eigenvalue weighted by Gasteiger charge is 2.36. The normalized spacial score (nSPS) is 12.4. The second kappa shape index (κ2) is 12.1. The van der Waals surface area contributed by atoms with Gasteiger partial charge in [-0.25, -0.2) is 16.8 Å². The second-order valence-corrected chi connectivity index (χ2v) is 15.1.